The first kappa shape index (κ1) is 16.1. The van der Waals surface area contributed by atoms with E-state index in [-0.39, 0.29) is 16.9 Å². The van der Waals surface area contributed by atoms with Gasteiger partial charge in [-0.1, -0.05) is 23.7 Å². The molecule has 0 saturated heterocycles. The lowest BCUT2D eigenvalue weighted by Gasteiger charge is -2.17. The number of rotatable bonds is 3. The van der Waals surface area contributed by atoms with E-state index >= 15 is 0 Å². The fourth-order valence-electron chi connectivity index (χ4n) is 2.47. The van der Waals surface area contributed by atoms with E-state index in [4.69, 9.17) is 25.8 Å². The van der Waals surface area contributed by atoms with Crippen LogP contribution in [-0.4, -0.2) is 26.0 Å². The largest absolute Gasteiger partial charge is 0.493 e. The number of halogens is 1. The maximum Gasteiger partial charge on any atom is 0.347 e. The highest BCUT2D eigenvalue weighted by molar-refractivity contribution is 6.33. The lowest BCUT2D eigenvalue weighted by atomic mass is 9.97. The Bertz CT molecular complexity index is 870. The zero-order chi connectivity index (χ0) is 17.3. The van der Waals surface area contributed by atoms with Crippen LogP contribution in [0.4, 0.5) is 0 Å². The highest BCUT2D eigenvalue weighted by Gasteiger charge is 2.31. The number of fused-ring (bicyclic) bond motifs is 1. The van der Waals surface area contributed by atoms with Crippen molar-refractivity contribution in [2.45, 2.75) is 0 Å². The molecular weight excluding hydrogens is 332 g/mol. The molecule has 3 rings (SSSR count). The summed E-state index contributed by atoms with van der Waals surface area (Å²) in [6.07, 6.45) is 1.43. The van der Waals surface area contributed by atoms with Crippen molar-refractivity contribution in [3.8, 4) is 17.2 Å². The van der Waals surface area contributed by atoms with Gasteiger partial charge in [0.1, 0.15) is 11.3 Å². The minimum absolute atomic E-state index is 0.101. The number of methoxy groups -OCH3 is 2. The van der Waals surface area contributed by atoms with Crippen LogP contribution in [0.3, 0.4) is 0 Å². The molecule has 1 aliphatic rings. The zero-order valence-corrected chi connectivity index (χ0v) is 13.7. The maximum atomic E-state index is 12.6. The predicted molar refractivity (Wildman–Crippen MR) is 88.9 cm³/mol. The molecule has 0 fully saturated rings. The van der Waals surface area contributed by atoms with Gasteiger partial charge < -0.3 is 14.2 Å². The van der Waals surface area contributed by atoms with Gasteiger partial charge in [0, 0.05) is 10.6 Å². The Morgan fingerprint density at radius 1 is 1.08 bits per heavy atom. The van der Waals surface area contributed by atoms with Gasteiger partial charge in [-0.05, 0) is 30.3 Å². The summed E-state index contributed by atoms with van der Waals surface area (Å²) < 4.78 is 15.7. The zero-order valence-electron chi connectivity index (χ0n) is 13.0. The van der Waals surface area contributed by atoms with Gasteiger partial charge in [0.15, 0.2) is 11.5 Å². The molecule has 0 aromatic heterocycles. The molecule has 0 spiro atoms. The van der Waals surface area contributed by atoms with Crippen LogP contribution in [0.15, 0.2) is 42.0 Å². The lowest BCUT2D eigenvalue weighted by molar-refractivity contribution is -0.130. The molecule has 0 unspecified atom stereocenters. The molecule has 6 heteroatoms. The molecule has 2 aromatic carbocycles. The molecule has 0 radical (unpaired) electrons. The first-order chi connectivity index (χ1) is 11.5. The molecule has 0 saturated carbocycles. The molecule has 0 aliphatic carbocycles. The number of carbonyl (C=O) groups excluding carboxylic acids is 2. The van der Waals surface area contributed by atoms with Gasteiger partial charge in [-0.2, -0.15) is 0 Å². The van der Waals surface area contributed by atoms with Gasteiger partial charge >= 0.3 is 5.97 Å². The summed E-state index contributed by atoms with van der Waals surface area (Å²) in [5.74, 6) is -0.0608. The quantitative estimate of drug-likeness (QED) is 0.369. The molecule has 24 heavy (non-hydrogen) atoms. The summed E-state index contributed by atoms with van der Waals surface area (Å²) in [5.41, 5.74) is 0.675. The molecule has 0 bridgehead atoms. The van der Waals surface area contributed by atoms with Gasteiger partial charge in [-0.25, -0.2) is 4.79 Å². The van der Waals surface area contributed by atoms with Crippen LogP contribution in [0.25, 0.3) is 6.08 Å². The first-order valence-corrected chi connectivity index (χ1v) is 7.42. The van der Waals surface area contributed by atoms with Gasteiger partial charge in [0.25, 0.3) is 0 Å². The third kappa shape index (κ3) is 2.74. The highest BCUT2D eigenvalue weighted by atomic mass is 35.5. The minimum atomic E-state index is -0.723. The van der Waals surface area contributed by atoms with Crippen LogP contribution in [0.2, 0.25) is 5.02 Å². The summed E-state index contributed by atoms with van der Waals surface area (Å²) in [4.78, 5) is 24.8. The Morgan fingerprint density at radius 2 is 1.88 bits per heavy atom. The van der Waals surface area contributed by atoms with Gasteiger partial charge in [0.2, 0.25) is 5.78 Å². The van der Waals surface area contributed by atoms with E-state index in [1.807, 2.05) is 0 Å². The van der Waals surface area contributed by atoms with Crippen LogP contribution in [0.5, 0.6) is 17.2 Å². The molecular formula is C18H13ClO5. The predicted octanol–water partition coefficient (Wildman–Crippen LogP) is 3.54. The van der Waals surface area contributed by atoms with Crippen molar-refractivity contribution in [1.82, 2.24) is 0 Å². The Hall–Kier alpha value is -2.79. The molecule has 0 amide bonds. The molecule has 5 nitrogen and oxygen atoms in total. The van der Waals surface area contributed by atoms with Crippen molar-refractivity contribution in [3.63, 3.8) is 0 Å². The molecule has 1 aliphatic heterocycles. The van der Waals surface area contributed by atoms with Crippen LogP contribution >= 0.6 is 11.6 Å². The number of ketones is 1. The topological polar surface area (TPSA) is 61.8 Å². The number of ether oxygens (including phenoxy) is 3. The second-order valence-electron chi connectivity index (χ2n) is 5.00. The van der Waals surface area contributed by atoms with E-state index in [1.165, 1.54) is 32.4 Å². The molecule has 2 aromatic rings. The average molecular weight is 345 g/mol. The molecule has 0 N–H and O–H groups in total. The van der Waals surface area contributed by atoms with Crippen molar-refractivity contribution >= 4 is 29.4 Å². The van der Waals surface area contributed by atoms with E-state index < -0.39 is 11.8 Å². The van der Waals surface area contributed by atoms with Crippen molar-refractivity contribution in [3.05, 3.63) is 58.1 Å². The SMILES string of the molecule is COc1cccc(/C=C2\C(=O)Oc3ccc(Cl)cc3C2=O)c1OC. The number of benzene rings is 2. The second kappa shape index (κ2) is 6.37. The summed E-state index contributed by atoms with van der Waals surface area (Å²) >= 11 is 5.92. The number of para-hydroxylation sites is 1. The highest BCUT2D eigenvalue weighted by Crippen LogP contribution is 2.35. The summed E-state index contributed by atoms with van der Waals surface area (Å²) in [6, 6.07) is 9.69. The molecule has 1 heterocycles. The Labute approximate surface area is 143 Å². The minimum Gasteiger partial charge on any atom is -0.493 e. The Balaban J connectivity index is 2.11. The average Bonchev–Trinajstić information content (AvgIpc) is 2.59. The third-order valence-corrected chi connectivity index (χ3v) is 3.82. The number of carbonyl (C=O) groups is 2. The third-order valence-electron chi connectivity index (χ3n) is 3.59. The fourth-order valence-corrected chi connectivity index (χ4v) is 2.64. The Morgan fingerprint density at radius 3 is 2.58 bits per heavy atom. The normalized spacial score (nSPS) is 15.0. The van der Waals surface area contributed by atoms with Crippen molar-refractivity contribution < 1.29 is 23.8 Å². The van der Waals surface area contributed by atoms with Gasteiger partial charge in [-0.3, -0.25) is 4.79 Å². The first-order valence-electron chi connectivity index (χ1n) is 7.04. The smallest absolute Gasteiger partial charge is 0.347 e. The van der Waals surface area contributed by atoms with Crippen LogP contribution in [-0.2, 0) is 4.79 Å². The Kier molecular flexibility index (Phi) is 4.27. The molecule has 0 atom stereocenters. The fraction of sp³-hybridized carbons (Fsp3) is 0.111. The maximum absolute atomic E-state index is 12.6. The lowest BCUT2D eigenvalue weighted by Crippen LogP contribution is -2.25. The molecule has 122 valence electrons. The van der Waals surface area contributed by atoms with Crippen LogP contribution in [0.1, 0.15) is 15.9 Å². The van der Waals surface area contributed by atoms with E-state index in [2.05, 4.69) is 0 Å². The number of hydrogen-bond donors (Lipinski definition) is 0. The van der Waals surface area contributed by atoms with Crippen molar-refractivity contribution in [2.24, 2.45) is 0 Å². The van der Waals surface area contributed by atoms with E-state index in [1.54, 1.807) is 24.3 Å². The van der Waals surface area contributed by atoms with E-state index in [9.17, 15) is 9.59 Å². The van der Waals surface area contributed by atoms with Crippen LogP contribution < -0.4 is 14.2 Å². The van der Waals surface area contributed by atoms with Crippen molar-refractivity contribution in [1.29, 1.82) is 0 Å². The number of esters is 1. The van der Waals surface area contributed by atoms with E-state index in [0.717, 1.165) is 0 Å². The van der Waals surface area contributed by atoms with Crippen LogP contribution in [0, 0.1) is 0 Å². The number of Topliss-reactive ketones (excluding diaryl/α,β-unsaturated/α-hetero) is 1. The van der Waals surface area contributed by atoms with E-state index in [0.29, 0.717) is 22.1 Å². The van der Waals surface area contributed by atoms with Gasteiger partial charge in [-0.15, -0.1) is 0 Å². The number of hydrogen-bond acceptors (Lipinski definition) is 5. The summed E-state index contributed by atoms with van der Waals surface area (Å²) in [5, 5.41) is 0.387. The standard InChI is InChI=1S/C18H13ClO5/c1-22-15-5-3-4-10(17(15)23-2)8-13-16(20)12-9-11(19)6-7-14(12)24-18(13)21/h3-9H,1-2H3/b13-8-. The van der Waals surface area contributed by atoms with Crippen molar-refractivity contribution in [2.75, 3.05) is 14.2 Å². The summed E-state index contributed by atoms with van der Waals surface area (Å²) in [6.45, 7) is 0. The van der Waals surface area contributed by atoms with Gasteiger partial charge in [0.05, 0.1) is 19.8 Å². The summed E-state index contributed by atoms with van der Waals surface area (Å²) in [7, 11) is 2.99. The monoisotopic (exact) mass is 344 g/mol. The second-order valence-corrected chi connectivity index (χ2v) is 5.44.